The Balaban J connectivity index is 2.07. The summed E-state index contributed by atoms with van der Waals surface area (Å²) in [6, 6.07) is 6.52. The first kappa shape index (κ1) is 12.9. The number of allylic oxidation sites excluding steroid dienone is 3. The molecule has 1 aromatic carbocycles. The molecule has 0 radical (unpaired) electrons. The fraction of sp³-hybridized carbons (Fsp3) is 0.294. The minimum absolute atomic E-state index is 0.997. The van der Waals surface area contributed by atoms with Crippen molar-refractivity contribution in [2.45, 2.75) is 6.42 Å². The summed E-state index contributed by atoms with van der Waals surface area (Å²) in [6.45, 7) is 0. The first-order chi connectivity index (χ1) is 9.60. The third-order valence-electron chi connectivity index (χ3n) is 4.03. The second-order valence-electron chi connectivity index (χ2n) is 5.51. The molecule has 0 bridgehead atoms. The number of likely N-dealkylation sites (N-methyl/N-ethyl adjacent to an activating group) is 2. The van der Waals surface area contributed by atoms with E-state index >= 15 is 0 Å². The average molecular weight is 267 g/mol. The lowest BCUT2D eigenvalue weighted by Gasteiger charge is -2.34. The fourth-order valence-electron chi connectivity index (χ4n) is 2.80. The van der Waals surface area contributed by atoms with Crippen molar-refractivity contribution in [2.75, 3.05) is 38.4 Å². The van der Waals surface area contributed by atoms with Gasteiger partial charge in [0.1, 0.15) is 0 Å². The molecule has 0 saturated carbocycles. The molecule has 0 saturated heterocycles. The van der Waals surface area contributed by atoms with Gasteiger partial charge in [-0.1, -0.05) is 12.1 Å². The van der Waals surface area contributed by atoms with Crippen molar-refractivity contribution in [3.8, 4) is 0 Å². The number of anilines is 2. The normalized spacial score (nSPS) is 16.6. The van der Waals surface area contributed by atoms with Crippen molar-refractivity contribution in [1.29, 1.82) is 0 Å². The molecule has 0 atom stereocenters. The van der Waals surface area contributed by atoms with E-state index in [0.29, 0.717) is 0 Å². The number of nitrogens with one attached hydrogen (secondary N) is 1. The van der Waals surface area contributed by atoms with Gasteiger partial charge < -0.3 is 15.1 Å². The van der Waals surface area contributed by atoms with Crippen molar-refractivity contribution >= 4 is 17.5 Å². The van der Waals surface area contributed by atoms with Crippen LogP contribution in [0.15, 0.2) is 47.3 Å². The highest BCUT2D eigenvalue weighted by atomic mass is 15.1. The molecule has 20 heavy (non-hydrogen) atoms. The Bertz CT molecular complexity index is 636. The molecule has 1 aliphatic carbocycles. The van der Waals surface area contributed by atoms with Crippen molar-refractivity contribution in [1.82, 2.24) is 4.90 Å². The molecule has 3 heteroatoms. The fourth-order valence-corrected chi connectivity index (χ4v) is 2.80. The molecule has 0 fully saturated rings. The van der Waals surface area contributed by atoms with Crippen molar-refractivity contribution < 1.29 is 0 Å². The zero-order valence-corrected chi connectivity index (χ0v) is 12.6. The van der Waals surface area contributed by atoms with Gasteiger partial charge >= 0.3 is 0 Å². The maximum absolute atomic E-state index is 3.21. The first-order valence-corrected chi connectivity index (χ1v) is 6.96. The Morgan fingerprint density at radius 2 is 2.00 bits per heavy atom. The van der Waals surface area contributed by atoms with E-state index in [4.69, 9.17) is 0 Å². The zero-order chi connectivity index (χ0) is 14.3. The van der Waals surface area contributed by atoms with Gasteiger partial charge in [0.2, 0.25) is 0 Å². The molecule has 0 aromatic heterocycles. The van der Waals surface area contributed by atoms with Gasteiger partial charge in [0.15, 0.2) is 0 Å². The summed E-state index contributed by atoms with van der Waals surface area (Å²) in [6.07, 6.45) is 7.86. The Morgan fingerprint density at radius 1 is 1.20 bits per heavy atom. The number of hydrogen-bond donors (Lipinski definition) is 1. The first-order valence-electron chi connectivity index (χ1n) is 6.96. The molecule has 104 valence electrons. The maximum atomic E-state index is 3.21. The van der Waals surface area contributed by atoms with Crippen molar-refractivity contribution in [3.63, 3.8) is 0 Å². The predicted molar refractivity (Wildman–Crippen MR) is 86.8 cm³/mol. The molecule has 0 unspecified atom stereocenters. The maximum Gasteiger partial charge on any atom is 0.0502 e. The minimum Gasteiger partial charge on any atom is -0.388 e. The summed E-state index contributed by atoms with van der Waals surface area (Å²) >= 11 is 0. The SMILES string of the molecule is CNc1ccc2c(c1)N(C)C1=CC(N(C)C)=CCC1=C2. The third-order valence-corrected chi connectivity index (χ3v) is 4.03. The van der Waals surface area contributed by atoms with Crippen LogP contribution >= 0.6 is 0 Å². The van der Waals surface area contributed by atoms with E-state index in [1.165, 1.54) is 28.2 Å². The molecule has 1 heterocycles. The van der Waals surface area contributed by atoms with Crippen LogP contribution in [0.4, 0.5) is 11.4 Å². The van der Waals surface area contributed by atoms with Gasteiger partial charge in [-0.05, 0) is 41.8 Å². The van der Waals surface area contributed by atoms with E-state index in [0.717, 1.165) is 12.1 Å². The van der Waals surface area contributed by atoms with Gasteiger partial charge in [-0.3, -0.25) is 0 Å². The molecular formula is C17H21N3. The van der Waals surface area contributed by atoms with Crippen LogP contribution in [0.1, 0.15) is 12.0 Å². The number of benzene rings is 1. The van der Waals surface area contributed by atoms with Crippen LogP contribution in [0.25, 0.3) is 6.08 Å². The van der Waals surface area contributed by atoms with Crippen LogP contribution in [0.5, 0.6) is 0 Å². The third kappa shape index (κ3) is 1.99. The standard InChI is InChI=1S/C17H21N3/c1-18-14-7-5-12-9-13-6-8-15(19(2)3)11-17(13)20(4)16(12)10-14/h5,7-11,18H,6H2,1-4H3. The van der Waals surface area contributed by atoms with Crippen LogP contribution in [0.3, 0.4) is 0 Å². The van der Waals surface area contributed by atoms with Gasteiger partial charge in [-0.2, -0.15) is 0 Å². The van der Waals surface area contributed by atoms with E-state index in [9.17, 15) is 0 Å². The minimum atomic E-state index is 0.997. The van der Waals surface area contributed by atoms with Crippen molar-refractivity contribution in [3.05, 3.63) is 52.9 Å². The average Bonchev–Trinajstić information content (AvgIpc) is 2.47. The molecular weight excluding hydrogens is 246 g/mol. The number of rotatable bonds is 2. The second kappa shape index (κ2) is 4.75. The Hall–Kier alpha value is -2.16. The van der Waals surface area contributed by atoms with E-state index in [2.05, 4.69) is 72.7 Å². The molecule has 2 aliphatic rings. The quantitative estimate of drug-likeness (QED) is 0.887. The highest BCUT2D eigenvalue weighted by molar-refractivity contribution is 5.82. The Kier molecular flexibility index (Phi) is 3.05. The number of nitrogens with zero attached hydrogens (tertiary/aromatic N) is 2. The van der Waals surface area contributed by atoms with E-state index < -0.39 is 0 Å². The van der Waals surface area contributed by atoms with Gasteiger partial charge in [0.25, 0.3) is 0 Å². The Labute approximate surface area is 120 Å². The van der Waals surface area contributed by atoms with Crippen LogP contribution in [-0.4, -0.2) is 33.1 Å². The summed E-state index contributed by atoms with van der Waals surface area (Å²) in [4.78, 5) is 4.46. The molecule has 1 N–H and O–H groups in total. The molecule has 3 nitrogen and oxygen atoms in total. The predicted octanol–water partition coefficient (Wildman–Crippen LogP) is 3.29. The van der Waals surface area contributed by atoms with Gasteiger partial charge in [0, 0.05) is 45.3 Å². The van der Waals surface area contributed by atoms with Crippen molar-refractivity contribution in [2.24, 2.45) is 0 Å². The number of fused-ring (bicyclic) bond motifs is 2. The number of hydrogen-bond acceptors (Lipinski definition) is 3. The summed E-state index contributed by atoms with van der Waals surface area (Å²) in [5.41, 5.74) is 7.66. The molecule has 3 rings (SSSR count). The summed E-state index contributed by atoms with van der Waals surface area (Å²) in [7, 11) is 8.29. The highest BCUT2D eigenvalue weighted by Crippen LogP contribution is 2.39. The van der Waals surface area contributed by atoms with E-state index in [-0.39, 0.29) is 0 Å². The van der Waals surface area contributed by atoms with Crippen LogP contribution in [-0.2, 0) is 0 Å². The van der Waals surface area contributed by atoms with Gasteiger partial charge in [-0.25, -0.2) is 0 Å². The second-order valence-corrected chi connectivity index (χ2v) is 5.51. The summed E-state index contributed by atoms with van der Waals surface area (Å²) < 4.78 is 0. The lowest BCUT2D eigenvalue weighted by molar-refractivity contribution is 0.524. The highest BCUT2D eigenvalue weighted by Gasteiger charge is 2.22. The summed E-state index contributed by atoms with van der Waals surface area (Å²) in [5.74, 6) is 0. The van der Waals surface area contributed by atoms with Crippen LogP contribution < -0.4 is 10.2 Å². The molecule has 1 aromatic rings. The molecule has 1 aliphatic heterocycles. The smallest absolute Gasteiger partial charge is 0.0502 e. The van der Waals surface area contributed by atoms with Crippen LogP contribution in [0, 0.1) is 0 Å². The van der Waals surface area contributed by atoms with Gasteiger partial charge in [-0.15, -0.1) is 0 Å². The largest absolute Gasteiger partial charge is 0.388 e. The zero-order valence-electron chi connectivity index (χ0n) is 12.6. The lowest BCUT2D eigenvalue weighted by atomic mass is 9.93. The van der Waals surface area contributed by atoms with Gasteiger partial charge in [0.05, 0.1) is 5.69 Å². The summed E-state index contributed by atoms with van der Waals surface area (Å²) in [5, 5.41) is 3.21. The lowest BCUT2D eigenvalue weighted by Crippen LogP contribution is -2.25. The molecule has 0 amide bonds. The Morgan fingerprint density at radius 3 is 2.70 bits per heavy atom. The molecule has 0 spiro atoms. The monoisotopic (exact) mass is 267 g/mol. The van der Waals surface area contributed by atoms with Crippen LogP contribution in [0.2, 0.25) is 0 Å². The topological polar surface area (TPSA) is 18.5 Å². The van der Waals surface area contributed by atoms with E-state index in [1.807, 2.05) is 7.05 Å². The van der Waals surface area contributed by atoms with E-state index in [1.54, 1.807) is 0 Å².